The summed E-state index contributed by atoms with van der Waals surface area (Å²) in [6.07, 6.45) is 0.578. The van der Waals surface area contributed by atoms with Gasteiger partial charge < -0.3 is 14.2 Å². The fraction of sp³-hybridized carbons (Fsp3) is 0.480. The van der Waals surface area contributed by atoms with Gasteiger partial charge in [-0.3, -0.25) is 5.01 Å². The summed E-state index contributed by atoms with van der Waals surface area (Å²) < 4.78 is 15.9. The first-order valence-electron chi connectivity index (χ1n) is 11.0. The first-order chi connectivity index (χ1) is 16.3. The molecule has 1 aromatic carbocycles. The van der Waals surface area contributed by atoms with Crippen LogP contribution in [0.25, 0.3) is 0 Å². The molecular formula is C25H33N5O5. The van der Waals surface area contributed by atoms with Gasteiger partial charge in [-0.1, -0.05) is 32.9 Å². The highest BCUT2D eigenvalue weighted by Gasteiger charge is 2.34. The second-order valence-corrected chi connectivity index (χ2v) is 10.0. The number of nitriles is 1. The molecule has 188 valence electrons. The zero-order valence-electron chi connectivity index (χ0n) is 21.6. The molecule has 35 heavy (non-hydrogen) atoms. The van der Waals surface area contributed by atoms with Crippen molar-refractivity contribution in [1.82, 2.24) is 15.0 Å². The summed E-state index contributed by atoms with van der Waals surface area (Å²) in [6.45, 7) is 11.6. The van der Waals surface area contributed by atoms with Gasteiger partial charge in [0, 0.05) is 12.7 Å². The summed E-state index contributed by atoms with van der Waals surface area (Å²) in [5, 5.41) is 12.3. The second kappa shape index (κ2) is 11.0. The minimum atomic E-state index is -0.780. The number of esters is 1. The normalized spacial score (nSPS) is 11.3. The maximum absolute atomic E-state index is 13.5. The molecular weight excluding hydrogens is 450 g/mol. The summed E-state index contributed by atoms with van der Waals surface area (Å²) in [5.74, 6) is -0.110. The van der Waals surface area contributed by atoms with Crippen molar-refractivity contribution >= 4 is 17.9 Å². The highest BCUT2D eigenvalue weighted by atomic mass is 16.6. The van der Waals surface area contributed by atoms with Gasteiger partial charge in [0.1, 0.15) is 23.0 Å². The van der Waals surface area contributed by atoms with Crippen molar-refractivity contribution in [3.8, 4) is 11.8 Å². The largest absolute Gasteiger partial charge is 0.497 e. The maximum Gasteiger partial charge on any atom is 0.429 e. The van der Waals surface area contributed by atoms with E-state index in [4.69, 9.17) is 14.2 Å². The van der Waals surface area contributed by atoms with E-state index in [9.17, 15) is 14.9 Å². The number of hydrazine groups is 1. The molecule has 0 aliphatic carbocycles. The molecule has 1 heterocycles. The molecule has 2 rings (SSSR count). The average molecular weight is 484 g/mol. The molecule has 0 N–H and O–H groups in total. The molecule has 0 bridgehead atoms. The van der Waals surface area contributed by atoms with Gasteiger partial charge in [-0.05, 0) is 43.9 Å². The number of methoxy groups -OCH3 is 2. The molecule has 0 saturated heterocycles. The number of hydrogen-bond donors (Lipinski definition) is 0. The van der Waals surface area contributed by atoms with Crippen LogP contribution in [0, 0.1) is 16.7 Å². The van der Waals surface area contributed by atoms with E-state index in [0.717, 1.165) is 5.56 Å². The molecule has 2 aromatic rings. The van der Waals surface area contributed by atoms with Crippen LogP contribution in [-0.4, -0.2) is 53.4 Å². The number of carbonyl (C=O) groups is 2. The number of anilines is 1. The summed E-state index contributed by atoms with van der Waals surface area (Å²) in [6, 6.07) is 9.12. The van der Waals surface area contributed by atoms with Crippen molar-refractivity contribution in [2.24, 2.45) is 5.41 Å². The van der Waals surface area contributed by atoms with Gasteiger partial charge in [0.05, 0.1) is 20.8 Å². The molecule has 0 radical (unpaired) electrons. The Bertz CT molecular complexity index is 1080. The lowest BCUT2D eigenvalue weighted by molar-refractivity contribution is 0.0187. The number of rotatable bonds is 7. The lowest BCUT2D eigenvalue weighted by Gasteiger charge is -2.40. The minimum Gasteiger partial charge on any atom is -0.497 e. The Morgan fingerprint density at radius 1 is 1.06 bits per heavy atom. The molecule has 10 heteroatoms. The van der Waals surface area contributed by atoms with E-state index in [-0.39, 0.29) is 35.7 Å². The van der Waals surface area contributed by atoms with Crippen LogP contribution in [0.3, 0.4) is 0 Å². The van der Waals surface area contributed by atoms with E-state index < -0.39 is 17.7 Å². The lowest BCUT2D eigenvalue weighted by atomic mass is 9.96. The fourth-order valence-electron chi connectivity index (χ4n) is 3.07. The predicted octanol–water partition coefficient (Wildman–Crippen LogP) is 4.35. The zero-order valence-corrected chi connectivity index (χ0v) is 21.6. The number of benzene rings is 1. The van der Waals surface area contributed by atoms with E-state index in [1.165, 1.54) is 18.3 Å². The van der Waals surface area contributed by atoms with Crippen LogP contribution in [0.15, 0.2) is 30.5 Å². The smallest absolute Gasteiger partial charge is 0.429 e. The van der Waals surface area contributed by atoms with Crippen LogP contribution in [0.2, 0.25) is 0 Å². The summed E-state index contributed by atoms with van der Waals surface area (Å²) >= 11 is 0. The van der Waals surface area contributed by atoms with Gasteiger partial charge in [0.25, 0.3) is 0 Å². The molecule has 0 fully saturated rings. The summed E-state index contributed by atoms with van der Waals surface area (Å²) in [5.41, 5.74) is -0.341. The third kappa shape index (κ3) is 7.84. The Morgan fingerprint density at radius 2 is 1.69 bits per heavy atom. The quantitative estimate of drug-likeness (QED) is 0.418. The Hall–Kier alpha value is -3.87. The minimum absolute atomic E-state index is 0.0130. The third-order valence-electron chi connectivity index (χ3n) is 4.53. The molecule has 0 spiro atoms. The molecule has 0 unspecified atom stereocenters. The van der Waals surface area contributed by atoms with Gasteiger partial charge >= 0.3 is 12.1 Å². The molecule has 1 aromatic heterocycles. The Morgan fingerprint density at radius 3 is 2.17 bits per heavy atom. The fourth-order valence-corrected chi connectivity index (χ4v) is 3.07. The van der Waals surface area contributed by atoms with Gasteiger partial charge in [-0.2, -0.15) is 10.2 Å². The first-order valence-corrected chi connectivity index (χ1v) is 11.0. The monoisotopic (exact) mass is 483 g/mol. The van der Waals surface area contributed by atoms with Gasteiger partial charge in [0.15, 0.2) is 5.82 Å². The van der Waals surface area contributed by atoms with Crippen LogP contribution >= 0.6 is 0 Å². The van der Waals surface area contributed by atoms with E-state index >= 15 is 0 Å². The third-order valence-corrected chi connectivity index (χ3v) is 4.53. The Kier molecular flexibility index (Phi) is 8.63. The summed E-state index contributed by atoms with van der Waals surface area (Å²) in [7, 11) is 2.81. The van der Waals surface area contributed by atoms with Gasteiger partial charge in [-0.15, -0.1) is 0 Å². The number of nitrogens with zero attached hydrogens (tertiary/aromatic N) is 5. The number of amides is 1. The Balaban J connectivity index is 2.71. The SMILES string of the molecule is COC(=O)c1cnc(C#N)nc1N(CC(C)(C)C)N(Cc1ccc(OC)cc1)C(=O)OC(C)(C)C. The van der Waals surface area contributed by atoms with Crippen molar-refractivity contribution in [3.63, 3.8) is 0 Å². The van der Waals surface area contributed by atoms with E-state index in [1.54, 1.807) is 45.0 Å². The second-order valence-electron chi connectivity index (χ2n) is 10.0. The number of aromatic nitrogens is 2. The molecule has 10 nitrogen and oxygen atoms in total. The van der Waals surface area contributed by atoms with Crippen LogP contribution in [-0.2, 0) is 16.0 Å². The predicted molar refractivity (Wildman–Crippen MR) is 130 cm³/mol. The topological polar surface area (TPSA) is 118 Å². The number of ether oxygens (including phenoxy) is 3. The van der Waals surface area contributed by atoms with Gasteiger partial charge in [0.2, 0.25) is 5.82 Å². The van der Waals surface area contributed by atoms with E-state index in [2.05, 4.69) is 9.97 Å². The Labute approximate surface area is 206 Å². The first kappa shape index (κ1) is 27.4. The highest BCUT2D eigenvalue weighted by Crippen LogP contribution is 2.28. The van der Waals surface area contributed by atoms with Gasteiger partial charge in [-0.25, -0.2) is 19.6 Å². The van der Waals surface area contributed by atoms with Crippen molar-refractivity contribution in [2.75, 3.05) is 25.8 Å². The maximum atomic E-state index is 13.5. The standard InChI is InChI=1S/C25H33N5O5/c1-24(2,3)16-30(21-19(22(31)34-8)14-27-20(13-26)28-21)29(23(32)35-25(4,5)6)15-17-9-11-18(33-7)12-10-17/h9-12,14H,15-16H2,1-8H3. The van der Waals surface area contributed by atoms with E-state index in [1.807, 2.05) is 39.0 Å². The van der Waals surface area contributed by atoms with E-state index in [0.29, 0.717) is 5.75 Å². The molecule has 0 saturated carbocycles. The van der Waals surface area contributed by atoms with Crippen LogP contribution in [0.5, 0.6) is 5.75 Å². The van der Waals surface area contributed by atoms with Crippen LogP contribution < -0.4 is 9.75 Å². The summed E-state index contributed by atoms with van der Waals surface area (Å²) in [4.78, 5) is 34.3. The zero-order chi connectivity index (χ0) is 26.4. The van der Waals surface area contributed by atoms with Crippen molar-refractivity contribution in [3.05, 3.63) is 47.4 Å². The number of hydrogen-bond acceptors (Lipinski definition) is 9. The number of carbonyl (C=O) groups excluding carboxylic acids is 2. The van der Waals surface area contributed by atoms with Crippen molar-refractivity contribution in [1.29, 1.82) is 5.26 Å². The van der Waals surface area contributed by atoms with Crippen molar-refractivity contribution < 1.29 is 23.8 Å². The van der Waals surface area contributed by atoms with Crippen LogP contribution in [0.4, 0.5) is 10.6 Å². The van der Waals surface area contributed by atoms with Crippen LogP contribution in [0.1, 0.15) is 63.3 Å². The molecule has 1 amide bonds. The molecule has 0 aliphatic rings. The lowest BCUT2D eigenvalue weighted by Crippen LogP contribution is -2.52. The molecule has 0 atom stereocenters. The molecule has 0 aliphatic heterocycles. The average Bonchev–Trinajstić information content (AvgIpc) is 2.78. The highest BCUT2D eigenvalue weighted by molar-refractivity contribution is 5.94. The van der Waals surface area contributed by atoms with Crippen molar-refractivity contribution in [2.45, 2.75) is 53.7 Å².